The van der Waals surface area contributed by atoms with Crippen molar-refractivity contribution in [3.8, 4) is 11.5 Å². The van der Waals surface area contributed by atoms with Crippen molar-refractivity contribution in [1.82, 2.24) is 29.3 Å². The van der Waals surface area contributed by atoms with Gasteiger partial charge < -0.3 is 25.1 Å². The van der Waals surface area contributed by atoms with Crippen LogP contribution < -0.4 is 11.1 Å². The Morgan fingerprint density at radius 1 is 1.10 bits per heavy atom. The molecule has 0 spiro atoms. The van der Waals surface area contributed by atoms with Gasteiger partial charge in [0.25, 0.3) is 18.3 Å². The Kier molecular flexibility index (Phi) is 7.72. The summed E-state index contributed by atoms with van der Waals surface area (Å²) in [7, 11) is 0. The molecule has 3 aromatic heterocycles. The van der Waals surface area contributed by atoms with Gasteiger partial charge in [0.05, 0.1) is 36.0 Å². The van der Waals surface area contributed by atoms with Crippen molar-refractivity contribution in [3.05, 3.63) is 47.4 Å². The van der Waals surface area contributed by atoms with E-state index >= 15 is 13.2 Å². The Hall–Kier alpha value is -4.07. The SMILES string of the molecule is C[C@H]1NC(=O)[C@@H]2C[C@H]2CCCC(F)(F)Cn2c(-c3nc4cc(C(=O)N5C[C@H](N)[C@@H]6CC[C@H]5C6)cc(F)c4n3CC(F)F)cc3ccc1nc32. The van der Waals surface area contributed by atoms with E-state index in [9.17, 15) is 18.4 Å². The molecule has 2 saturated carbocycles. The first-order valence-corrected chi connectivity index (χ1v) is 17.1. The van der Waals surface area contributed by atoms with Crippen molar-refractivity contribution in [2.45, 2.75) is 95.4 Å². The highest BCUT2D eigenvalue weighted by Crippen LogP contribution is 2.44. The molecule has 1 aromatic carbocycles. The van der Waals surface area contributed by atoms with Crippen molar-refractivity contribution < 1.29 is 31.5 Å². The molecule has 8 rings (SSSR count). The van der Waals surface area contributed by atoms with Gasteiger partial charge in [-0.05, 0) is 87.6 Å². The predicted molar refractivity (Wildman–Crippen MR) is 172 cm³/mol. The van der Waals surface area contributed by atoms with Gasteiger partial charge in [0.15, 0.2) is 5.82 Å². The van der Waals surface area contributed by atoms with Gasteiger partial charge in [-0.25, -0.2) is 31.9 Å². The molecule has 0 unspecified atom stereocenters. The number of nitrogens with one attached hydrogen (secondary N) is 1. The minimum atomic E-state index is -3.21. The zero-order chi connectivity index (χ0) is 34.4. The number of hydrogen-bond donors (Lipinski definition) is 2. The van der Waals surface area contributed by atoms with Crippen LogP contribution >= 0.6 is 0 Å². The maximum absolute atomic E-state index is 16.0. The van der Waals surface area contributed by atoms with E-state index in [2.05, 4.69) is 15.3 Å². The molecular formula is C35H38F5N7O2. The van der Waals surface area contributed by atoms with Crippen molar-refractivity contribution >= 4 is 33.9 Å². The third-order valence-corrected chi connectivity index (χ3v) is 11.1. The van der Waals surface area contributed by atoms with E-state index in [-0.39, 0.29) is 70.0 Å². The number of nitrogens with two attached hydrogens (primary N) is 1. The number of benzene rings is 1. The molecule has 9 nitrogen and oxygen atoms in total. The molecule has 4 aromatic rings. The number of hydrogen-bond acceptors (Lipinski definition) is 5. The van der Waals surface area contributed by atoms with Gasteiger partial charge >= 0.3 is 0 Å². The third-order valence-electron chi connectivity index (χ3n) is 11.1. The fourth-order valence-electron chi connectivity index (χ4n) is 8.40. The topological polar surface area (TPSA) is 111 Å². The number of amides is 2. The van der Waals surface area contributed by atoms with Crippen LogP contribution in [0.25, 0.3) is 33.6 Å². The second-order valence-corrected chi connectivity index (χ2v) is 14.5. The van der Waals surface area contributed by atoms with Crippen LogP contribution in [0.3, 0.4) is 0 Å². The summed E-state index contributed by atoms with van der Waals surface area (Å²) in [5.41, 5.74) is 6.72. The van der Waals surface area contributed by atoms with Gasteiger partial charge in [0, 0.05) is 41.9 Å². The number of pyridine rings is 1. The van der Waals surface area contributed by atoms with Gasteiger partial charge in [0.2, 0.25) is 5.91 Å². The Bertz CT molecular complexity index is 1970. The molecule has 6 atom stereocenters. The van der Waals surface area contributed by atoms with Gasteiger partial charge in [0.1, 0.15) is 17.0 Å². The minimum absolute atomic E-state index is 0.00599. The average molecular weight is 684 g/mol. The van der Waals surface area contributed by atoms with E-state index < -0.39 is 49.6 Å². The molecule has 2 amide bonds. The molecule has 14 heteroatoms. The molecule has 3 fully saturated rings. The van der Waals surface area contributed by atoms with Gasteiger partial charge in [-0.1, -0.05) is 0 Å². The zero-order valence-corrected chi connectivity index (χ0v) is 27.0. The molecule has 5 heterocycles. The van der Waals surface area contributed by atoms with Crippen LogP contribution in [0.15, 0.2) is 30.3 Å². The number of likely N-dealkylation sites (tertiary alicyclic amines) is 1. The number of halogens is 5. The highest BCUT2D eigenvalue weighted by molar-refractivity contribution is 5.98. The van der Waals surface area contributed by atoms with Crippen LogP contribution in [0.1, 0.15) is 74.0 Å². The zero-order valence-electron chi connectivity index (χ0n) is 27.0. The second kappa shape index (κ2) is 11.8. The fourth-order valence-corrected chi connectivity index (χ4v) is 8.40. The van der Waals surface area contributed by atoms with Crippen molar-refractivity contribution in [2.24, 2.45) is 23.5 Å². The Balaban J connectivity index is 1.25. The molecule has 1 saturated heterocycles. The first-order chi connectivity index (χ1) is 23.4. The number of nitrogens with zero attached hydrogens (tertiary/aromatic N) is 5. The summed E-state index contributed by atoms with van der Waals surface area (Å²) < 4.78 is 78.0. The summed E-state index contributed by atoms with van der Waals surface area (Å²) in [5.74, 6) is -4.60. The van der Waals surface area contributed by atoms with Crippen molar-refractivity contribution in [1.29, 1.82) is 0 Å². The summed E-state index contributed by atoms with van der Waals surface area (Å²) >= 11 is 0. The van der Waals surface area contributed by atoms with Crippen LogP contribution in [0, 0.1) is 23.6 Å². The standard InChI is InChI=1S/C35H38F5N7O2/c1-17-26-7-5-20-13-28(47(31(20)43-26)16-35(39,40)8-2-3-18-10-23(18)33(48)42-17)32-44-27-12-21(11-24(36)30(27)46(32)15-29(37)38)34(49)45-14-25(41)19-4-6-22(45)9-19/h5,7,11-13,17-19,22-23,25,29H,2-4,6,8-10,14-16,41H2,1H3,(H,42,48)/t17-,18-,19-,22+,23-,25+/m1/s1. The molecular weight excluding hydrogens is 645 g/mol. The van der Waals surface area contributed by atoms with E-state index in [1.165, 1.54) is 16.7 Å². The third kappa shape index (κ3) is 5.75. The fraction of sp³-hybridized carbons (Fsp3) is 0.543. The lowest BCUT2D eigenvalue weighted by atomic mass is 9.94. The van der Waals surface area contributed by atoms with Crippen LogP contribution in [0.4, 0.5) is 22.0 Å². The Morgan fingerprint density at radius 3 is 2.71 bits per heavy atom. The number of carbonyl (C=O) groups excluding carboxylic acids is 2. The van der Waals surface area contributed by atoms with Crippen LogP contribution in [0.5, 0.6) is 0 Å². The first kappa shape index (κ1) is 32.2. The summed E-state index contributed by atoms with van der Waals surface area (Å²) in [5, 5.41) is 3.44. The molecule has 260 valence electrons. The van der Waals surface area contributed by atoms with E-state index in [1.807, 2.05) is 0 Å². The van der Waals surface area contributed by atoms with E-state index in [0.717, 1.165) is 29.9 Å². The molecule has 2 aliphatic heterocycles. The number of imidazole rings is 1. The number of fused-ring (bicyclic) bond motifs is 5. The molecule has 4 bridgehead atoms. The van der Waals surface area contributed by atoms with Gasteiger partial charge in [-0.2, -0.15) is 0 Å². The van der Waals surface area contributed by atoms with E-state index in [1.54, 1.807) is 24.0 Å². The quantitative estimate of drug-likeness (QED) is 0.255. The number of rotatable bonds is 4. The first-order valence-electron chi connectivity index (χ1n) is 17.1. The van der Waals surface area contributed by atoms with Gasteiger partial charge in [-0.15, -0.1) is 0 Å². The van der Waals surface area contributed by atoms with Crippen LogP contribution in [-0.4, -0.2) is 66.8 Å². The maximum atomic E-state index is 16.0. The lowest BCUT2D eigenvalue weighted by Gasteiger charge is -2.37. The Labute approximate surface area is 279 Å². The number of aromatic nitrogens is 4. The summed E-state index contributed by atoms with van der Waals surface area (Å²) in [6.07, 6.45) is 0.505. The van der Waals surface area contributed by atoms with Crippen LogP contribution in [0.2, 0.25) is 0 Å². The molecule has 49 heavy (non-hydrogen) atoms. The molecule has 3 N–H and O–H groups in total. The monoisotopic (exact) mass is 683 g/mol. The summed E-state index contributed by atoms with van der Waals surface area (Å²) in [6, 6.07) is 6.62. The average Bonchev–Trinajstić information content (AvgIpc) is 3.36. The molecule has 0 radical (unpaired) electrons. The number of piperidine rings is 1. The highest BCUT2D eigenvalue weighted by Gasteiger charge is 2.44. The lowest BCUT2D eigenvalue weighted by Crippen LogP contribution is -2.51. The molecule has 2 aliphatic carbocycles. The second-order valence-electron chi connectivity index (χ2n) is 14.5. The van der Waals surface area contributed by atoms with Crippen molar-refractivity contribution in [3.63, 3.8) is 0 Å². The largest absolute Gasteiger partial charge is 0.348 e. The smallest absolute Gasteiger partial charge is 0.265 e. The highest BCUT2D eigenvalue weighted by atomic mass is 19.3. The Morgan fingerprint density at radius 2 is 1.92 bits per heavy atom. The number of carbonyl (C=O) groups is 2. The van der Waals surface area contributed by atoms with Gasteiger partial charge in [-0.3, -0.25) is 9.59 Å². The van der Waals surface area contributed by atoms with Crippen molar-refractivity contribution in [2.75, 3.05) is 6.54 Å². The summed E-state index contributed by atoms with van der Waals surface area (Å²) in [6.45, 7) is 0.345. The minimum Gasteiger partial charge on any atom is -0.348 e. The van der Waals surface area contributed by atoms with E-state index in [0.29, 0.717) is 36.4 Å². The maximum Gasteiger partial charge on any atom is 0.265 e. The lowest BCUT2D eigenvalue weighted by molar-refractivity contribution is -0.123. The van der Waals surface area contributed by atoms with E-state index in [4.69, 9.17) is 5.73 Å². The molecule has 4 aliphatic rings. The predicted octanol–water partition coefficient (Wildman–Crippen LogP) is 6.04. The summed E-state index contributed by atoms with van der Waals surface area (Å²) in [4.78, 5) is 37.4. The normalized spacial score (nSPS) is 28.2. The van der Waals surface area contributed by atoms with Crippen LogP contribution in [-0.2, 0) is 17.9 Å². The number of alkyl halides is 4.